The summed E-state index contributed by atoms with van der Waals surface area (Å²) in [5, 5.41) is 9.49. The summed E-state index contributed by atoms with van der Waals surface area (Å²) in [5.41, 5.74) is 4.13. The van der Waals surface area contributed by atoms with Crippen molar-refractivity contribution in [3.05, 3.63) is 58.6 Å². The number of hydrogen-bond acceptors (Lipinski definition) is 6. The number of carbonyl (C=O) groups is 3. The van der Waals surface area contributed by atoms with E-state index in [1.165, 1.54) is 6.21 Å². The second kappa shape index (κ2) is 13.1. The van der Waals surface area contributed by atoms with Crippen LogP contribution >= 0.6 is 11.6 Å². The van der Waals surface area contributed by atoms with Crippen molar-refractivity contribution >= 4 is 41.2 Å². The summed E-state index contributed by atoms with van der Waals surface area (Å²) in [6.45, 7) is 2.41. The van der Waals surface area contributed by atoms with Crippen LogP contribution in [0.3, 0.4) is 0 Å². The van der Waals surface area contributed by atoms with Gasteiger partial charge in [-0.3, -0.25) is 14.4 Å². The fourth-order valence-electron chi connectivity index (χ4n) is 2.49. The summed E-state index contributed by atoms with van der Waals surface area (Å²) in [6.07, 6.45) is 1.92. The van der Waals surface area contributed by atoms with Crippen molar-refractivity contribution in [2.45, 2.75) is 13.3 Å². The van der Waals surface area contributed by atoms with E-state index in [2.05, 4.69) is 21.2 Å². The largest absolute Gasteiger partial charge is 0.483 e. The number of ether oxygens (including phenoxy) is 2. The predicted octanol–water partition coefficient (Wildman–Crippen LogP) is 2.27. The van der Waals surface area contributed by atoms with Gasteiger partial charge in [0.2, 0.25) is 0 Å². The van der Waals surface area contributed by atoms with Gasteiger partial charge in [0.25, 0.3) is 5.91 Å². The third-order valence-corrected chi connectivity index (χ3v) is 4.37. The van der Waals surface area contributed by atoms with Gasteiger partial charge in [0.05, 0.1) is 6.21 Å². The van der Waals surface area contributed by atoms with Crippen molar-refractivity contribution in [3.63, 3.8) is 0 Å². The average molecular weight is 461 g/mol. The standard InChI is InChI=1S/C22H25ClN4O5/c1-15-8-9-17(23)12-18(15)26-20(28)14-32-19-7-4-3-6-16(19)13-25-27-22(30)21(29)24-10-5-11-31-2/h3-4,6-9,12-13H,5,10-11,14H2,1-2H3,(H,24,29)(H,26,28)(H,27,30). The minimum absolute atomic E-state index is 0.243. The average Bonchev–Trinajstić information content (AvgIpc) is 2.78. The van der Waals surface area contributed by atoms with Gasteiger partial charge in [0.1, 0.15) is 5.75 Å². The van der Waals surface area contributed by atoms with Gasteiger partial charge >= 0.3 is 11.8 Å². The number of hydrogen-bond donors (Lipinski definition) is 3. The number of benzene rings is 2. The van der Waals surface area contributed by atoms with E-state index in [4.69, 9.17) is 21.1 Å². The second-order valence-electron chi connectivity index (χ2n) is 6.64. The minimum Gasteiger partial charge on any atom is -0.483 e. The molecule has 0 saturated heterocycles. The third kappa shape index (κ3) is 8.37. The Morgan fingerprint density at radius 1 is 1.12 bits per heavy atom. The predicted molar refractivity (Wildman–Crippen MR) is 122 cm³/mol. The zero-order valence-corrected chi connectivity index (χ0v) is 18.6. The molecule has 0 spiro atoms. The van der Waals surface area contributed by atoms with Crippen molar-refractivity contribution in [2.24, 2.45) is 5.10 Å². The fraction of sp³-hybridized carbons (Fsp3) is 0.273. The molecule has 10 heteroatoms. The first kappa shape index (κ1) is 24.8. The molecular weight excluding hydrogens is 436 g/mol. The topological polar surface area (TPSA) is 118 Å². The first-order valence-corrected chi connectivity index (χ1v) is 10.2. The molecule has 3 N–H and O–H groups in total. The van der Waals surface area contributed by atoms with Crippen LogP contribution in [0.25, 0.3) is 0 Å². The lowest BCUT2D eigenvalue weighted by atomic mass is 10.2. The summed E-state index contributed by atoms with van der Waals surface area (Å²) in [5.74, 6) is -1.67. The molecule has 32 heavy (non-hydrogen) atoms. The smallest absolute Gasteiger partial charge is 0.329 e. The first-order chi connectivity index (χ1) is 15.4. The van der Waals surface area contributed by atoms with Gasteiger partial charge < -0.3 is 20.1 Å². The number of hydrazone groups is 1. The van der Waals surface area contributed by atoms with Crippen LogP contribution < -0.4 is 20.8 Å². The van der Waals surface area contributed by atoms with Crippen LogP contribution in [0.15, 0.2) is 47.6 Å². The maximum absolute atomic E-state index is 12.2. The Bertz CT molecular complexity index is 981. The summed E-state index contributed by atoms with van der Waals surface area (Å²) < 4.78 is 10.4. The molecule has 2 rings (SSSR count). The van der Waals surface area contributed by atoms with E-state index in [1.54, 1.807) is 49.6 Å². The molecular formula is C22H25ClN4O5. The van der Waals surface area contributed by atoms with Crippen LogP contribution in [0.4, 0.5) is 5.69 Å². The molecule has 0 unspecified atom stereocenters. The first-order valence-electron chi connectivity index (χ1n) is 9.78. The highest BCUT2D eigenvalue weighted by Crippen LogP contribution is 2.20. The fourth-order valence-corrected chi connectivity index (χ4v) is 2.66. The lowest BCUT2D eigenvalue weighted by Gasteiger charge is -2.11. The van der Waals surface area contributed by atoms with Crippen molar-refractivity contribution in [1.29, 1.82) is 0 Å². The van der Waals surface area contributed by atoms with Crippen LogP contribution in [-0.2, 0) is 19.1 Å². The van der Waals surface area contributed by atoms with E-state index in [1.807, 2.05) is 6.92 Å². The van der Waals surface area contributed by atoms with E-state index in [0.717, 1.165) is 5.56 Å². The van der Waals surface area contributed by atoms with E-state index in [-0.39, 0.29) is 12.5 Å². The molecule has 170 valence electrons. The summed E-state index contributed by atoms with van der Waals surface area (Å²) >= 11 is 5.96. The highest BCUT2D eigenvalue weighted by Gasteiger charge is 2.12. The molecule has 0 aromatic heterocycles. The lowest BCUT2D eigenvalue weighted by molar-refractivity contribution is -0.139. The maximum atomic E-state index is 12.2. The number of carbonyl (C=O) groups excluding carboxylic acids is 3. The summed E-state index contributed by atoms with van der Waals surface area (Å²) in [4.78, 5) is 35.7. The third-order valence-electron chi connectivity index (χ3n) is 4.14. The number of anilines is 1. The lowest BCUT2D eigenvalue weighted by Crippen LogP contribution is -2.38. The van der Waals surface area contributed by atoms with Crippen molar-refractivity contribution in [3.8, 4) is 5.75 Å². The Labute approximate surface area is 191 Å². The highest BCUT2D eigenvalue weighted by atomic mass is 35.5. The molecule has 0 aliphatic carbocycles. The number of amides is 3. The molecule has 0 bridgehead atoms. The summed E-state index contributed by atoms with van der Waals surface area (Å²) in [7, 11) is 1.55. The SMILES string of the molecule is COCCCNC(=O)C(=O)NN=Cc1ccccc1OCC(=O)Nc1cc(Cl)ccc1C. The number of methoxy groups -OCH3 is 1. The van der Waals surface area contributed by atoms with Crippen LogP contribution in [0.1, 0.15) is 17.5 Å². The van der Waals surface area contributed by atoms with Gasteiger partial charge in [0, 0.05) is 36.5 Å². The van der Waals surface area contributed by atoms with E-state index < -0.39 is 11.8 Å². The van der Waals surface area contributed by atoms with Crippen LogP contribution in [0.5, 0.6) is 5.75 Å². The number of para-hydroxylation sites is 1. The Kier molecular flexibility index (Phi) is 10.2. The highest BCUT2D eigenvalue weighted by molar-refractivity contribution is 6.35. The molecule has 0 aliphatic heterocycles. The number of rotatable bonds is 10. The van der Waals surface area contributed by atoms with E-state index >= 15 is 0 Å². The van der Waals surface area contributed by atoms with Gasteiger partial charge in [-0.15, -0.1) is 0 Å². The molecule has 0 radical (unpaired) electrons. The van der Waals surface area contributed by atoms with Crippen molar-refractivity contribution < 1.29 is 23.9 Å². The quantitative estimate of drug-likeness (QED) is 0.217. The van der Waals surface area contributed by atoms with E-state index in [0.29, 0.717) is 41.6 Å². The van der Waals surface area contributed by atoms with Crippen LogP contribution in [-0.4, -0.2) is 50.8 Å². The van der Waals surface area contributed by atoms with Gasteiger partial charge in [-0.25, -0.2) is 5.43 Å². The molecule has 3 amide bonds. The number of nitrogens with one attached hydrogen (secondary N) is 3. The molecule has 0 saturated carbocycles. The van der Waals surface area contributed by atoms with Gasteiger partial charge in [0.15, 0.2) is 6.61 Å². The molecule has 0 aliphatic rings. The normalized spacial score (nSPS) is 10.6. The Balaban J connectivity index is 1.87. The zero-order valence-electron chi connectivity index (χ0n) is 17.8. The molecule has 2 aromatic carbocycles. The van der Waals surface area contributed by atoms with Crippen LogP contribution in [0.2, 0.25) is 5.02 Å². The Hall–Kier alpha value is -3.43. The maximum Gasteiger partial charge on any atom is 0.329 e. The number of halogens is 1. The van der Waals surface area contributed by atoms with Gasteiger partial charge in [-0.05, 0) is 43.2 Å². The van der Waals surface area contributed by atoms with Gasteiger partial charge in [-0.1, -0.05) is 29.8 Å². The van der Waals surface area contributed by atoms with Crippen molar-refractivity contribution in [1.82, 2.24) is 10.7 Å². The molecule has 0 heterocycles. The number of nitrogens with zero attached hydrogens (tertiary/aromatic N) is 1. The molecule has 2 aromatic rings. The molecule has 0 fully saturated rings. The van der Waals surface area contributed by atoms with E-state index in [9.17, 15) is 14.4 Å². The second-order valence-corrected chi connectivity index (χ2v) is 7.07. The van der Waals surface area contributed by atoms with Gasteiger partial charge in [-0.2, -0.15) is 5.10 Å². The Morgan fingerprint density at radius 3 is 2.69 bits per heavy atom. The van der Waals surface area contributed by atoms with Crippen LogP contribution in [0, 0.1) is 6.92 Å². The monoisotopic (exact) mass is 460 g/mol. The molecule has 0 atom stereocenters. The number of aryl methyl sites for hydroxylation is 1. The minimum atomic E-state index is -0.895. The summed E-state index contributed by atoms with van der Waals surface area (Å²) in [6, 6.07) is 12.0. The van der Waals surface area contributed by atoms with Crippen molar-refractivity contribution in [2.75, 3.05) is 32.2 Å². The Morgan fingerprint density at radius 2 is 1.91 bits per heavy atom. The molecule has 9 nitrogen and oxygen atoms in total. The zero-order chi connectivity index (χ0) is 23.3.